The van der Waals surface area contributed by atoms with Crippen LogP contribution in [0.15, 0.2) is 30.3 Å². The lowest BCUT2D eigenvalue weighted by atomic mass is 9.95. The Bertz CT molecular complexity index is 1130. The van der Waals surface area contributed by atoms with Crippen molar-refractivity contribution in [2.75, 3.05) is 19.6 Å². The smallest absolute Gasteiger partial charge is 0.325 e. The molecular weight excluding hydrogens is 488 g/mol. The maximum Gasteiger partial charge on any atom is 0.325 e. The van der Waals surface area contributed by atoms with Gasteiger partial charge in [0.2, 0.25) is 17.7 Å². The molecule has 12 nitrogen and oxygen atoms in total. The van der Waals surface area contributed by atoms with E-state index in [2.05, 4.69) is 10.6 Å². The zero-order valence-corrected chi connectivity index (χ0v) is 20.9. The van der Waals surface area contributed by atoms with Gasteiger partial charge in [-0.2, -0.15) is 0 Å². The number of likely N-dealkylation sites (N-methyl/N-ethyl adjacent to an activating group) is 1. The number of amides is 7. The van der Waals surface area contributed by atoms with Gasteiger partial charge in [-0.05, 0) is 26.3 Å². The van der Waals surface area contributed by atoms with Crippen molar-refractivity contribution in [2.45, 2.75) is 49.0 Å². The molecule has 0 radical (unpaired) electrons. The second-order valence-corrected chi connectivity index (χ2v) is 11.1. The summed E-state index contributed by atoms with van der Waals surface area (Å²) in [7, 11) is 0. The summed E-state index contributed by atoms with van der Waals surface area (Å²) in [6, 6.07) is 4.50. The maximum absolute atomic E-state index is 13.3. The maximum atomic E-state index is 13.3. The third-order valence-corrected chi connectivity index (χ3v) is 8.18. The van der Waals surface area contributed by atoms with E-state index >= 15 is 0 Å². The molecule has 7 amide bonds. The minimum atomic E-state index is -1.24. The largest absolute Gasteiger partial charge is 0.368 e. The van der Waals surface area contributed by atoms with Crippen LogP contribution < -0.4 is 16.4 Å². The lowest BCUT2D eigenvalue weighted by molar-refractivity contribution is -0.154. The van der Waals surface area contributed by atoms with E-state index in [1.165, 1.54) is 21.6 Å². The van der Waals surface area contributed by atoms with E-state index in [1.807, 2.05) is 0 Å². The molecular formula is C23H28N6O6S. The highest BCUT2D eigenvalue weighted by Gasteiger charge is 2.63. The molecule has 3 saturated heterocycles. The van der Waals surface area contributed by atoms with Gasteiger partial charge in [0.25, 0.3) is 0 Å². The van der Waals surface area contributed by atoms with Gasteiger partial charge in [0, 0.05) is 24.4 Å². The first-order chi connectivity index (χ1) is 17.0. The Labute approximate surface area is 211 Å². The molecule has 1 aromatic rings. The van der Waals surface area contributed by atoms with E-state index in [0.29, 0.717) is 12.1 Å². The summed E-state index contributed by atoms with van der Waals surface area (Å²) in [5, 5.41) is 4.73. The fourth-order valence-electron chi connectivity index (χ4n) is 4.76. The van der Waals surface area contributed by atoms with Crippen LogP contribution in [0.1, 0.15) is 32.4 Å². The number of thioether (sulfide) groups is 1. The van der Waals surface area contributed by atoms with Gasteiger partial charge in [0.15, 0.2) is 0 Å². The van der Waals surface area contributed by atoms with Crippen LogP contribution in [0.5, 0.6) is 0 Å². The second-order valence-electron chi connectivity index (χ2n) is 9.28. The number of benzene rings is 1. The average Bonchev–Trinajstić information content (AvgIpc) is 3.10. The number of hydrogen-bond donors (Lipinski definition) is 3. The summed E-state index contributed by atoms with van der Waals surface area (Å²) < 4.78 is -0.633. The van der Waals surface area contributed by atoms with Crippen molar-refractivity contribution in [3.05, 3.63) is 35.9 Å². The Kier molecular flexibility index (Phi) is 6.69. The standard InChI is InChI=1S/C23H28N6O6S/c1-4-27-10-11-28(20(34)19(27)33)22(35)26-13(12-8-6-5-7-9-12)17(31)25-14-18(32)29-15(16(24)30)23(2,3)36-21(14)29/h5-9,13-15,21H,4,10-11H2,1-3H3,(H2,24,30)(H,25,31)(H,26,35)/t13-,14+,15-,21+/m0/s1. The van der Waals surface area contributed by atoms with Crippen molar-refractivity contribution in [1.29, 1.82) is 0 Å². The normalized spacial score (nSPS) is 25.7. The molecule has 0 spiro atoms. The first kappa shape index (κ1) is 25.5. The monoisotopic (exact) mass is 516 g/mol. The molecule has 0 aliphatic carbocycles. The number of nitrogens with two attached hydrogens (primary N) is 1. The highest BCUT2D eigenvalue weighted by atomic mass is 32.2. The third-order valence-electron chi connectivity index (χ3n) is 6.61. The molecule has 0 bridgehead atoms. The van der Waals surface area contributed by atoms with Crippen LogP contribution >= 0.6 is 11.8 Å². The Morgan fingerprint density at radius 3 is 2.39 bits per heavy atom. The molecule has 0 aromatic heterocycles. The van der Waals surface area contributed by atoms with Gasteiger partial charge >= 0.3 is 17.8 Å². The molecule has 36 heavy (non-hydrogen) atoms. The zero-order chi connectivity index (χ0) is 26.4. The molecule has 4 rings (SSSR count). The number of fused-ring (bicyclic) bond motifs is 1. The van der Waals surface area contributed by atoms with Gasteiger partial charge in [0.1, 0.15) is 23.5 Å². The van der Waals surface area contributed by atoms with Gasteiger partial charge in [-0.3, -0.25) is 28.9 Å². The Morgan fingerprint density at radius 1 is 1.11 bits per heavy atom. The summed E-state index contributed by atoms with van der Waals surface area (Å²) in [6.07, 6.45) is 0. The number of β-lactam (4-membered cyclic amide) rings is 1. The van der Waals surface area contributed by atoms with Crippen molar-refractivity contribution in [2.24, 2.45) is 5.73 Å². The third kappa shape index (κ3) is 4.27. The molecule has 13 heteroatoms. The molecule has 4 N–H and O–H groups in total. The highest BCUT2D eigenvalue weighted by molar-refractivity contribution is 8.01. The summed E-state index contributed by atoms with van der Waals surface area (Å²) in [5.41, 5.74) is 5.94. The summed E-state index contributed by atoms with van der Waals surface area (Å²) in [6.45, 7) is 5.87. The van der Waals surface area contributed by atoms with Crippen LogP contribution in [0.4, 0.5) is 4.79 Å². The highest BCUT2D eigenvalue weighted by Crippen LogP contribution is 2.50. The topological polar surface area (TPSA) is 162 Å². The van der Waals surface area contributed by atoms with Crippen molar-refractivity contribution >= 4 is 47.3 Å². The number of piperazine rings is 1. The molecule has 192 valence electrons. The summed E-state index contributed by atoms with van der Waals surface area (Å²) in [5.74, 6) is -3.49. The summed E-state index contributed by atoms with van der Waals surface area (Å²) in [4.78, 5) is 79.3. The molecule has 3 heterocycles. The number of urea groups is 1. The SMILES string of the molecule is CCN1CCN(C(=O)N[C@H](C(=O)N[C@@H]2C(=O)N3[C@@H]2SC(C)(C)[C@@H]3C(N)=O)c2ccccc2)C(=O)C1=O. The van der Waals surface area contributed by atoms with Gasteiger partial charge in [-0.1, -0.05) is 30.3 Å². The van der Waals surface area contributed by atoms with Crippen molar-refractivity contribution < 1.29 is 28.8 Å². The lowest BCUT2D eigenvalue weighted by Gasteiger charge is -2.44. The minimum Gasteiger partial charge on any atom is -0.368 e. The Balaban J connectivity index is 1.51. The molecule has 0 saturated carbocycles. The summed E-state index contributed by atoms with van der Waals surface area (Å²) >= 11 is 1.36. The second kappa shape index (κ2) is 9.45. The van der Waals surface area contributed by atoms with Crippen molar-refractivity contribution in [1.82, 2.24) is 25.3 Å². The molecule has 4 atom stereocenters. The van der Waals surface area contributed by atoms with E-state index < -0.39 is 63.8 Å². The van der Waals surface area contributed by atoms with Gasteiger partial charge in [-0.15, -0.1) is 11.8 Å². The van der Waals surface area contributed by atoms with E-state index in [1.54, 1.807) is 51.1 Å². The van der Waals surface area contributed by atoms with Crippen molar-refractivity contribution in [3.63, 3.8) is 0 Å². The predicted molar refractivity (Wildman–Crippen MR) is 129 cm³/mol. The molecule has 3 fully saturated rings. The van der Waals surface area contributed by atoms with E-state index in [-0.39, 0.29) is 13.1 Å². The number of imide groups is 1. The van der Waals surface area contributed by atoms with Crippen LogP contribution in [0, 0.1) is 0 Å². The van der Waals surface area contributed by atoms with Crippen molar-refractivity contribution in [3.8, 4) is 0 Å². The molecule has 3 aliphatic heterocycles. The number of primary amides is 1. The predicted octanol–water partition coefficient (Wildman–Crippen LogP) is -0.840. The van der Waals surface area contributed by atoms with Crippen LogP contribution in [0.25, 0.3) is 0 Å². The molecule has 3 aliphatic rings. The molecule has 0 unspecified atom stereocenters. The zero-order valence-electron chi connectivity index (χ0n) is 20.1. The average molecular weight is 517 g/mol. The van der Waals surface area contributed by atoms with E-state index in [0.717, 1.165) is 4.90 Å². The van der Waals surface area contributed by atoms with Gasteiger partial charge < -0.3 is 26.2 Å². The number of carbonyl (C=O) groups is 6. The minimum absolute atomic E-state index is 0.00819. The van der Waals surface area contributed by atoms with Crippen LogP contribution in [-0.2, 0) is 24.0 Å². The van der Waals surface area contributed by atoms with E-state index in [9.17, 15) is 28.8 Å². The van der Waals surface area contributed by atoms with E-state index in [4.69, 9.17) is 5.73 Å². The fourth-order valence-corrected chi connectivity index (χ4v) is 6.40. The quantitative estimate of drug-likeness (QED) is 0.328. The first-order valence-corrected chi connectivity index (χ1v) is 12.4. The number of carbonyl (C=O) groups excluding carboxylic acids is 6. The fraction of sp³-hybridized carbons (Fsp3) is 0.478. The first-order valence-electron chi connectivity index (χ1n) is 11.5. The Morgan fingerprint density at radius 2 is 1.78 bits per heavy atom. The van der Waals surface area contributed by atoms with Gasteiger partial charge in [0.05, 0.1) is 0 Å². The molecule has 1 aromatic carbocycles. The number of rotatable bonds is 6. The number of hydrogen-bond acceptors (Lipinski definition) is 7. The number of nitrogens with one attached hydrogen (secondary N) is 2. The van der Waals surface area contributed by atoms with Crippen LogP contribution in [0.2, 0.25) is 0 Å². The lowest BCUT2D eigenvalue weighted by Crippen LogP contribution is -2.71. The number of nitrogens with zero attached hydrogens (tertiary/aromatic N) is 3. The van der Waals surface area contributed by atoms with Crippen LogP contribution in [0.3, 0.4) is 0 Å². The van der Waals surface area contributed by atoms with Gasteiger partial charge in [-0.25, -0.2) is 4.79 Å². The Hall–Kier alpha value is -3.61. The van der Waals surface area contributed by atoms with Crippen LogP contribution in [-0.4, -0.2) is 92.1 Å².